The van der Waals surface area contributed by atoms with Crippen molar-refractivity contribution in [3.05, 3.63) is 35.2 Å². The van der Waals surface area contributed by atoms with Crippen LogP contribution in [0.15, 0.2) is 24.4 Å². The van der Waals surface area contributed by atoms with E-state index in [1.807, 2.05) is 0 Å². The second-order valence-electron chi connectivity index (χ2n) is 3.66. The minimum Gasteiger partial charge on any atom is -0.458 e. The van der Waals surface area contributed by atoms with Crippen LogP contribution in [0.4, 0.5) is 0 Å². The van der Waals surface area contributed by atoms with E-state index in [0.717, 1.165) is 0 Å². The lowest BCUT2D eigenvalue weighted by Crippen LogP contribution is -2.11. The molecule has 0 radical (unpaired) electrons. The number of halogens is 1. The summed E-state index contributed by atoms with van der Waals surface area (Å²) in [5.74, 6) is -0.435. The Morgan fingerprint density at radius 3 is 2.88 bits per heavy atom. The first-order chi connectivity index (χ1) is 7.58. The van der Waals surface area contributed by atoms with Crippen molar-refractivity contribution in [1.82, 2.24) is 9.38 Å². The van der Waals surface area contributed by atoms with Crippen LogP contribution < -0.4 is 0 Å². The third-order valence-corrected chi connectivity index (χ3v) is 2.30. The van der Waals surface area contributed by atoms with Gasteiger partial charge in [0.2, 0.25) is 0 Å². The number of nitrogens with zero attached hydrogens (tertiary/aromatic N) is 2. The summed E-state index contributed by atoms with van der Waals surface area (Å²) in [4.78, 5) is 15.7. The predicted octanol–water partition coefficient (Wildman–Crippen LogP) is 2.55. The highest BCUT2D eigenvalue weighted by Gasteiger charge is 2.14. The predicted molar refractivity (Wildman–Crippen MR) is 60.8 cm³/mol. The van der Waals surface area contributed by atoms with Crippen LogP contribution in [-0.4, -0.2) is 21.5 Å². The smallest absolute Gasteiger partial charge is 0.358 e. The molecule has 0 aromatic carbocycles. The van der Waals surface area contributed by atoms with Crippen molar-refractivity contribution in [1.29, 1.82) is 0 Å². The Hall–Kier alpha value is -1.55. The summed E-state index contributed by atoms with van der Waals surface area (Å²) in [6.45, 7) is 3.58. The molecule has 0 N–H and O–H groups in total. The average Bonchev–Trinajstić information content (AvgIpc) is 2.61. The Kier molecular flexibility index (Phi) is 2.83. The summed E-state index contributed by atoms with van der Waals surface area (Å²) in [5, 5.41) is 0.508. The molecule has 0 unspecified atom stereocenters. The fourth-order valence-electron chi connectivity index (χ4n) is 1.35. The van der Waals surface area contributed by atoms with Crippen molar-refractivity contribution in [2.45, 2.75) is 20.0 Å². The number of carbonyl (C=O) groups excluding carboxylic acids is 1. The zero-order valence-corrected chi connectivity index (χ0v) is 9.73. The number of hydrogen-bond donors (Lipinski definition) is 0. The molecule has 16 heavy (non-hydrogen) atoms. The molecular weight excluding hydrogens is 228 g/mol. The minimum atomic E-state index is -0.435. The van der Waals surface area contributed by atoms with Gasteiger partial charge in [-0.1, -0.05) is 17.7 Å². The molecule has 0 amide bonds. The molecule has 0 spiro atoms. The van der Waals surface area contributed by atoms with Crippen LogP contribution in [0.3, 0.4) is 0 Å². The van der Waals surface area contributed by atoms with Crippen LogP contribution in [0.25, 0.3) is 5.65 Å². The van der Waals surface area contributed by atoms with E-state index in [9.17, 15) is 4.79 Å². The van der Waals surface area contributed by atoms with Crippen molar-refractivity contribution in [3.8, 4) is 0 Å². The summed E-state index contributed by atoms with van der Waals surface area (Å²) in [6, 6.07) is 5.29. The Morgan fingerprint density at radius 2 is 2.25 bits per heavy atom. The fourth-order valence-corrected chi connectivity index (χ4v) is 1.56. The van der Waals surface area contributed by atoms with E-state index in [2.05, 4.69) is 4.98 Å². The second kappa shape index (κ2) is 4.14. The first-order valence-electron chi connectivity index (χ1n) is 4.92. The molecule has 2 aromatic rings. The summed E-state index contributed by atoms with van der Waals surface area (Å²) in [7, 11) is 0. The first-order valence-corrected chi connectivity index (χ1v) is 5.30. The lowest BCUT2D eigenvalue weighted by atomic mass is 10.4. The first kappa shape index (κ1) is 11.0. The third kappa shape index (κ3) is 2.02. The standard InChI is InChI=1S/C11H11ClN2O2/c1-7(2)16-11(15)8-6-14-9(12)4-3-5-10(14)13-8/h3-7H,1-2H3. The van der Waals surface area contributed by atoms with Crippen molar-refractivity contribution < 1.29 is 9.53 Å². The van der Waals surface area contributed by atoms with Crippen molar-refractivity contribution >= 4 is 23.2 Å². The maximum atomic E-state index is 11.6. The number of ether oxygens (including phenoxy) is 1. The summed E-state index contributed by atoms with van der Waals surface area (Å²) in [6.07, 6.45) is 1.41. The second-order valence-corrected chi connectivity index (χ2v) is 4.04. The van der Waals surface area contributed by atoms with Gasteiger partial charge in [0.15, 0.2) is 5.69 Å². The van der Waals surface area contributed by atoms with Crippen molar-refractivity contribution in [2.24, 2.45) is 0 Å². The molecule has 0 atom stereocenters. The third-order valence-electron chi connectivity index (χ3n) is 1.99. The Morgan fingerprint density at radius 1 is 1.50 bits per heavy atom. The monoisotopic (exact) mass is 238 g/mol. The van der Waals surface area contributed by atoms with E-state index in [-0.39, 0.29) is 11.8 Å². The van der Waals surface area contributed by atoms with Gasteiger partial charge < -0.3 is 4.74 Å². The van der Waals surface area contributed by atoms with E-state index in [0.29, 0.717) is 10.8 Å². The summed E-state index contributed by atoms with van der Waals surface area (Å²) < 4.78 is 6.69. The van der Waals surface area contributed by atoms with E-state index in [1.165, 1.54) is 0 Å². The molecule has 84 valence electrons. The van der Waals surface area contributed by atoms with Gasteiger partial charge in [-0.3, -0.25) is 4.40 Å². The molecule has 0 saturated heterocycles. The SMILES string of the molecule is CC(C)OC(=O)c1cn2c(Cl)cccc2n1. The number of esters is 1. The van der Waals surface area contributed by atoms with Gasteiger partial charge in [-0.05, 0) is 26.0 Å². The zero-order valence-electron chi connectivity index (χ0n) is 8.98. The highest BCUT2D eigenvalue weighted by atomic mass is 35.5. The van der Waals surface area contributed by atoms with Gasteiger partial charge in [-0.15, -0.1) is 0 Å². The molecule has 2 rings (SSSR count). The lowest BCUT2D eigenvalue weighted by Gasteiger charge is -2.04. The van der Waals surface area contributed by atoms with E-state index >= 15 is 0 Å². The number of carbonyl (C=O) groups is 1. The molecule has 0 aliphatic heterocycles. The van der Waals surface area contributed by atoms with Crippen LogP contribution in [0.2, 0.25) is 5.15 Å². The number of imidazole rings is 1. The number of rotatable bonds is 2. The van der Waals surface area contributed by atoms with Gasteiger partial charge in [0.1, 0.15) is 10.8 Å². The molecule has 4 nitrogen and oxygen atoms in total. The zero-order chi connectivity index (χ0) is 11.7. The number of fused-ring (bicyclic) bond motifs is 1. The highest BCUT2D eigenvalue weighted by molar-refractivity contribution is 6.29. The molecule has 0 aliphatic carbocycles. The number of aromatic nitrogens is 2. The molecule has 0 saturated carbocycles. The molecule has 5 heteroatoms. The fraction of sp³-hybridized carbons (Fsp3) is 0.273. The lowest BCUT2D eigenvalue weighted by molar-refractivity contribution is 0.0371. The minimum absolute atomic E-state index is 0.159. The van der Waals surface area contributed by atoms with Crippen LogP contribution in [0, 0.1) is 0 Å². The van der Waals surface area contributed by atoms with E-state index < -0.39 is 5.97 Å². The normalized spacial score (nSPS) is 11.0. The van der Waals surface area contributed by atoms with Crippen molar-refractivity contribution in [3.63, 3.8) is 0 Å². The summed E-state index contributed by atoms with van der Waals surface area (Å²) >= 11 is 5.95. The van der Waals surface area contributed by atoms with Crippen LogP contribution >= 0.6 is 11.6 Å². The number of pyridine rings is 1. The van der Waals surface area contributed by atoms with Gasteiger partial charge in [0.05, 0.1) is 6.10 Å². The molecular formula is C11H11ClN2O2. The van der Waals surface area contributed by atoms with Gasteiger partial charge >= 0.3 is 5.97 Å². The highest BCUT2D eigenvalue weighted by Crippen LogP contribution is 2.14. The topological polar surface area (TPSA) is 43.6 Å². The van der Waals surface area contributed by atoms with Gasteiger partial charge in [-0.25, -0.2) is 9.78 Å². The van der Waals surface area contributed by atoms with Crippen LogP contribution in [-0.2, 0) is 4.74 Å². The van der Waals surface area contributed by atoms with Crippen molar-refractivity contribution in [2.75, 3.05) is 0 Å². The molecule has 2 aromatic heterocycles. The van der Waals surface area contributed by atoms with Crippen LogP contribution in [0.1, 0.15) is 24.3 Å². The quantitative estimate of drug-likeness (QED) is 0.597. The molecule has 0 fully saturated rings. The Labute approximate surface area is 97.8 Å². The Balaban J connectivity index is 2.40. The van der Waals surface area contributed by atoms with E-state index in [1.54, 1.807) is 42.6 Å². The van der Waals surface area contributed by atoms with Gasteiger partial charge in [-0.2, -0.15) is 0 Å². The Bertz CT molecular complexity index is 534. The average molecular weight is 239 g/mol. The molecule has 2 heterocycles. The molecule has 0 aliphatic rings. The van der Waals surface area contributed by atoms with Gasteiger partial charge in [0, 0.05) is 6.20 Å². The maximum Gasteiger partial charge on any atom is 0.358 e. The number of hydrogen-bond acceptors (Lipinski definition) is 3. The van der Waals surface area contributed by atoms with E-state index in [4.69, 9.17) is 16.3 Å². The maximum absolute atomic E-state index is 11.6. The molecule has 0 bridgehead atoms. The summed E-state index contributed by atoms with van der Waals surface area (Å²) in [5.41, 5.74) is 0.894. The van der Waals surface area contributed by atoms with Crippen LogP contribution in [0.5, 0.6) is 0 Å². The largest absolute Gasteiger partial charge is 0.458 e. The van der Waals surface area contributed by atoms with Gasteiger partial charge in [0.25, 0.3) is 0 Å².